The van der Waals surface area contributed by atoms with E-state index >= 15 is 0 Å². The Balaban J connectivity index is 2.64. The number of halogens is 2. The monoisotopic (exact) mass is 252 g/mol. The summed E-state index contributed by atoms with van der Waals surface area (Å²) in [6, 6.07) is 4.43. The van der Waals surface area contributed by atoms with Gasteiger partial charge in [0.25, 0.3) is 0 Å². The molecule has 0 saturated heterocycles. The van der Waals surface area contributed by atoms with E-state index in [4.69, 9.17) is 17.3 Å². The fourth-order valence-electron chi connectivity index (χ4n) is 1.90. The number of hydrogen-bond donors (Lipinski definition) is 1. The molecule has 0 saturated carbocycles. The summed E-state index contributed by atoms with van der Waals surface area (Å²) in [5, 5.41) is 0.932. The molecule has 1 aromatic carbocycles. The lowest BCUT2D eigenvalue weighted by Gasteiger charge is -2.09. The van der Waals surface area contributed by atoms with Crippen molar-refractivity contribution in [3.63, 3.8) is 0 Å². The summed E-state index contributed by atoms with van der Waals surface area (Å²) in [5.74, 6) is 0.0829. The SMILES string of the molecule is CC(C)Cc1cc(N)c2c(Cl)cc(F)cc2n1. The van der Waals surface area contributed by atoms with E-state index in [1.54, 1.807) is 0 Å². The maximum Gasteiger partial charge on any atom is 0.126 e. The molecule has 1 heterocycles. The van der Waals surface area contributed by atoms with E-state index in [-0.39, 0.29) is 0 Å². The van der Waals surface area contributed by atoms with Gasteiger partial charge in [-0.2, -0.15) is 0 Å². The van der Waals surface area contributed by atoms with Gasteiger partial charge in [0.05, 0.1) is 10.5 Å². The van der Waals surface area contributed by atoms with E-state index in [2.05, 4.69) is 18.8 Å². The molecule has 0 atom stereocenters. The molecular weight excluding hydrogens is 239 g/mol. The van der Waals surface area contributed by atoms with Gasteiger partial charge in [-0.25, -0.2) is 4.39 Å². The minimum absolute atomic E-state index is 0.307. The first kappa shape index (κ1) is 12.1. The number of benzene rings is 1. The zero-order chi connectivity index (χ0) is 12.6. The van der Waals surface area contributed by atoms with Crippen LogP contribution in [-0.4, -0.2) is 4.98 Å². The van der Waals surface area contributed by atoms with Gasteiger partial charge >= 0.3 is 0 Å². The summed E-state index contributed by atoms with van der Waals surface area (Å²) in [6.07, 6.45) is 0.814. The van der Waals surface area contributed by atoms with Crippen molar-refractivity contribution in [3.05, 3.63) is 34.7 Å². The van der Waals surface area contributed by atoms with Crippen LogP contribution in [0.3, 0.4) is 0 Å². The van der Waals surface area contributed by atoms with Crippen LogP contribution in [0.1, 0.15) is 19.5 Å². The third-order valence-electron chi connectivity index (χ3n) is 2.53. The Morgan fingerprint density at radius 2 is 2.06 bits per heavy atom. The van der Waals surface area contributed by atoms with E-state index in [9.17, 15) is 4.39 Å². The lowest BCUT2D eigenvalue weighted by molar-refractivity contribution is 0.628. The third-order valence-corrected chi connectivity index (χ3v) is 2.82. The van der Waals surface area contributed by atoms with Crippen molar-refractivity contribution in [2.24, 2.45) is 5.92 Å². The standard InChI is InChI=1S/C13H14ClFN2/c1-7(2)3-9-6-11(16)13-10(14)4-8(15)5-12(13)17-9/h4-7H,3H2,1-2H3,(H2,16,17). The lowest BCUT2D eigenvalue weighted by Crippen LogP contribution is -2.00. The van der Waals surface area contributed by atoms with Gasteiger partial charge in [0, 0.05) is 22.8 Å². The molecule has 1 aromatic heterocycles. The second-order valence-corrected chi connectivity index (χ2v) is 4.99. The van der Waals surface area contributed by atoms with Gasteiger partial charge in [-0.15, -0.1) is 0 Å². The molecule has 90 valence electrons. The number of nitrogens with two attached hydrogens (primary N) is 1. The summed E-state index contributed by atoms with van der Waals surface area (Å²) in [7, 11) is 0. The largest absolute Gasteiger partial charge is 0.398 e. The van der Waals surface area contributed by atoms with Crippen molar-refractivity contribution in [2.75, 3.05) is 5.73 Å². The molecule has 0 bridgehead atoms. The number of rotatable bonds is 2. The van der Waals surface area contributed by atoms with Crippen molar-refractivity contribution < 1.29 is 4.39 Å². The smallest absolute Gasteiger partial charge is 0.126 e. The van der Waals surface area contributed by atoms with Gasteiger partial charge in [-0.3, -0.25) is 4.98 Å². The number of nitrogens with zero attached hydrogens (tertiary/aromatic N) is 1. The Hall–Kier alpha value is -1.35. The molecule has 0 radical (unpaired) electrons. The molecule has 0 spiro atoms. The van der Waals surface area contributed by atoms with E-state index in [0.29, 0.717) is 27.5 Å². The average molecular weight is 253 g/mol. The van der Waals surface area contributed by atoms with Crippen molar-refractivity contribution in [1.29, 1.82) is 0 Å². The molecule has 0 amide bonds. The molecule has 0 unspecified atom stereocenters. The predicted molar refractivity (Wildman–Crippen MR) is 69.7 cm³/mol. The Morgan fingerprint density at radius 1 is 1.35 bits per heavy atom. The van der Waals surface area contributed by atoms with Crippen LogP contribution in [0, 0.1) is 11.7 Å². The molecule has 0 aliphatic carbocycles. The predicted octanol–water partition coefficient (Wildman–Crippen LogP) is 3.81. The summed E-state index contributed by atoms with van der Waals surface area (Å²) >= 11 is 5.97. The molecular formula is C13H14ClFN2. The molecule has 2 rings (SSSR count). The number of fused-ring (bicyclic) bond motifs is 1. The van der Waals surface area contributed by atoms with Crippen LogP contribution in [0.5, 0.6) is 0 Å². The van der Waals surface area contributed by atoms with Crippen molar-refractivity contribution in [1.82, 2.24) is 4.98 Å². The molecule has 0 aliphatic heterocycles. The first-order chi connectivity index (χ1) is 7.97. The first-order valence-electron chi connectivity index (χ1n) is 5.51. The Morgan fingerprint density at radius 3 is 2.71 bits per heavy atom. The number of anilines is 1. The Labute approximate surface area is 105 Å². The molecule has 2 N–H and O–H groups in total. The van der Waals surface area contributed by atoms with Crippen LogP contribution >= 0.6 is 11.6 Å². The van der Waals surface area contributed by atoms with E-state index in [1.165, 1.54) is 12.1 Å². The molecule has 0 aliphatic rings. The quantitative estimate of drug-likeness (QED) is 0.883. The van der Waals surface area contributed by atoms with Gasteiger partial charge in [0.2, 0.25) is 0 Å². The maximum atomic E-state index is 13.3. The second kappa shape index (κ2) is 4.49. The fourth-order valence-corrected chi connectivity index (χ4v) is 2.21. The normalized spacial score (nSPS) is 11.4. The average Bonchev–Trinajstić information content (AvgIpc) is 2.13. The zero-order valence-corrected chi connectivity index (χ0v) is 10.6. The Kier molecular flexibility index (Phi) is 3.20. The van der Waals surface area contributed by atoms with Gasteiger partial charge < -0.3 is 5.73 Å². The maximum absolute atomic E-state index is 13.3. The first-order valence-corrected chi connectivity index (χ1v) is 5.89. The highest BCUT2D eigenvalue weighted by atomic mass is 35.5. The van der Waals surface area contributed by atoms with Gasteiger partial charge in [0.15, 0.2) is 0 Å². The molecule has 2 nitrogen and oxygen atoms in total. The van der Waals surface area contributed by atoms with Gasteiger partial charge in [-0.05, 0) is 24.5 Å². The summed E-state index contributed by atoms with van der Waals surface area (Å²) in [4.78, 5) is 4.39. The topological polar surface area (TPSA) is 38.9 Å². The summed E-state index contributed by atoms with van der Waals surface area (Å²) in [5.41, 5.74) is 7.87. The summed E-state index contributed by atoms with van der Waals surface area (Å²) in [6.45, 7) is 4.20. The van der Waals surface area contributed by atoms with Crippen molar-refractivity contribution in [2.45, 2.75) is 20.3 Å². The Bertz CT molecular complexity index is 567. The van der Waals surface area contributed by atoms with Crippen LogP contribution in [0.2, 0.25) is 5.02 Å². The van der Waals surface area contributed by atoms with Crippen LogP contribution in [-0.2, 0) is 6.42 Å². The number of hydrogen-bond acceptors (Lipinski definition) is 2. The van der Waals surface area contributed by atoms with E-state index < -0.39 is 5.82 Å². The van der Waals surface area contributed by atoms with Crippen LogP contribution in [0.4, 0.5) is 10.1 Å². The van der Waals surface area contributed by atoms with Gasteiger partial charge in [0.1, 0.15) is 5.82 Å². The molecule has 0 fully saturated rings. The van der Waals surface area contributed by atoms with Crippen LogP contribution in [0.25, 0.3) is 10.9 Å². The molecule has 2 aromatic rings. The van der Waals surface area contributed by atoms with Crippen LogP contribution < -0.4 is 5.73 Å². The molecule has 17 heavy (non-hydrogen) atoms. The highest BCUT2D eigenvalue weighted by molar-refractivity contribution is 6.36. The highest BCUT2D eigenvalue weighted by Crippen LogP contribution is 2.29. The zero-order valence-electron chi connectivity index (χ0n) is 9.80. The second-order valence-electron chi connectivity index (χ2n) is 4.58. The third kappa shape index (κ3) is 2.50. The number of pyridine rings is 1. The van der Waals surface area contributed by atoms with Crippen molar-refractivity contribution in [3.8, 4) is 0 Å². The van der Waals surface area contributed by atoms with Gasteiger partial charge in [-0.1, -0.05) is 25.4 Å². The number of aromatic nitrogens is 1. The van der Waals surface area contributed by atoms with Crippen molar-refractivity contribution >= 4 is 28.2 Å². The van der Waals surface area contributed by atoms with Crippen LogP contribution in [0.15, 0.2) is 18.2 Å². The van der Waals surface area contributed by atoms with E-state index in [1.807, 2.05) is 6.07 Å². The van der Waals surface area contributed by atoms with E-state index in [0.717, 1.165) is 12.1 Å². The fraction of sp³-hybridized carbons (Fsp3) is 0.308. The minimum atomic E-state index is -0.393. The highest BCUT2D eigenvalue weighted by Gasteiger charge is 2.10. The summed E-state index contributed by atoms with van der Waals surface area (Å²) < 4.78 is 13.3. The lowest BCUT2D eigenvalue weighted by atomic mass is 10.1. The number of nitrogen functional groups attached to an aromatic ring is 1. The minimum Gasteiger partial charge on any atom is -0.398 e. The molecule has 4 heteroatoms.